The molecule has 0 aliphatic heterocycles. The molecule has 0 saturated carbocycles. The van der Waals surface area contributed by atoms with Crippen LogP contribution < -0.4 is 0 Å². The smallest absolute Gasteiger partial charge is 0.0620 e. The predicted molar refractivity (Wildman–Crippen MR) is 136 cm³/mol. The highest BCUT2D eigenvalue weighted by Crippen LogP contribution is 2.51. The van der Waals surface area contributed by atoms with Crippen LogP contribution in [-0.4, -0.2) is 4.40 Å². The van der Waals surface area contributed by atoms with Crippen molar-refractivity contribution < 1.29 is 0 Å². The van der Waals surface area contributed by atoms with E-state index in [1.165, 1.54) is 71.1 Å². The summed E-state index contributed by atoms with van der Waals surface area (Å²) >= 11 is 0. The van der Waals surface area contributed by atoms with Crippen molar-refractivity contribution in [3.63, 3.8) is 0 Å². The summed E-state index contributed by atoms with van der Waals surface area (Å²) in [6.45, 7) is 4.73. The van der Waals surface area contributed by atoms with Gasteiger partial charge in [-0.1, -0.05) is 80.6 Å². The van der Waals surface area contributed by atoms with Gasteiger partial charge in [-0.05, 0) is 57.3 Å². The molecule has 0 atom stereocenters. The van der Waals surface area contributed by atoms with E-state index in [1.54, 1.807) is 0 Å². The average Bonchev–Trinajstić information content (AvgIpc) is 3.40. The fourth-order valence-corrected chi connectivity index (χ4v) is 6.36. The van der Waals surface area contributed by atoms with Crippen LogP contribution in [0.1, 0.15) is 25.0 Å². The van der Waals surface area contributed by atoms with Crippen LogP contribution in [0.15, 0.2) is 91.0 Å². The molecular formula is C31H21N. The van der Waals surface area contributed by atoms with E-state index in [0.717, 1.165) is 0 Å². The van der Waals surface area contributed by atoms with E-state index in [4.69, 9.17) is 0 Å². The Hall–Kier alpha value is -3.84. The van der Waals surface area contributed by atoms with Gasteiger partial charge in [-0.25, -0.2) is 0 Å². The molecule has 1 aliphatic carbocycles. The molecule has 1 aliphatic rings. The minimum Gasteiger partial charge on any atom is -0.308 e. The summed E-state index contributed by atoms with van der Waals surface area (Å²) in [4.78, 5) is 0. The standard InChI is InChI=1S/C31H21N/c1-31(2)26-13-6-5-10-20(26)23-17-29-25(16-27(23)31)22-12-7-11-21-24-14-18-8-3-4-9-19(18)15-28(24)32(29)30(21)22/h3-17H,1-2H3. The van der Waals surface area contributed by atoms with E-state index in [0.29, 0.717) is 0 Å². The van der Waals surface area contributed by atoms with Crippen LogP contribution in [0.4, 0.5) is 0 Å². The summed E-state index contributed by atoms with van der Waals surface area (Å²) in [5, 5.41) is 8.00. The van der Waals surface area contributed by atoms with Crippen molar-refractivity contribution in [3.8, 4) is 11.1 Å². The van der Waals surface area contributed by atoms with Crippen molar-refractivity contribution in [2.24, 2.45) is 0 Å². The molecule has 0 unspecified atom stereocenters. The van der Waals surface area contributed by atoms with E-state index in [2.05, 4.69) is 109 Å². The first-order valence-electron chi connectivity index (χ1n) is 11.4. The molecule has 0 amide bonds. The molecule has 0 spiro atoms. The van der Waals surface area contributed by atoms with Crippen LogP contribution in [0.5, 0.6) is 0 Å². The van der Waals surface area contributed by atoms with Crippen molar-refractivity contribution in [2.45, 2.75) is 19.3 Å². The van der Waals surface area contributed by atoms with Crippen LogP contribution >= 0.6 is 0 Å². The van der Waals surface area contributed by atoms with Gasteiger partial charge in [0.1, 0.15) is 0 Å². The lowest BCUT2D eigenvalue weighted by Crippen LogP contribution is -2.14. The van der Waals surface area contributed by atoms with E-state index >= 15 is 0 Å². The van der Waals surface area contributed by atoms with Gasteiger partial charge in [-0.3, -0.25) is 0 Å². The molecule has 150 valence electrons. The number of hydrogen-bond donors (Lipinski definition) is 0. The van der Waals surface area contributed by atoms with Gasteiger partial charge in [0.05, 0.1) is 16.6 Å². The molecule has 32 heavy (non-hydrogen) atoms. The maximum atomic E-state index is 2.51. The predicted octanol–water partition coefficient (Wildman–Crippen LogP) is 8.30. The topological polar surface area (TPSA) is 4.41 Å². The molecule has 0 fully saturated rings. The van der Waals surface area contributed by atoms with Crippen molar-refractivity contribution >= 4 is 48.9 Å². The van der Waals surface area contributed by atoms with Crippen LogP contribution in [0.3, 0.4) is 0 Å². The Morgan fingerprint density at radius 1 is 0.531 bits per heavy atom. The zero-order valence-corrected chi connectivity index (χ0v) is 18.1. The quantitative estimate of drug-likeness (QED) is 0.238. The maximum Gasteiger partial charge on any atom is 0.0620 e. The normalized spacial score (nSPS) is 14.8. The molecule has 5 aromatic carbocycles. The number of hydrogen-bond acceptors (Lipinski definition) is 0. The molecule has 7 aromatic rings. The third kappa shape index (κ3) is 1.79. The molecular weight excluding hydrogens is 386 g/mol. The maximum absolute atomic E-state index is 2.51. The van der Waals surface area contributed by atoms with Gasteiger partial charge in [0, 0.05) is 27.0 Å². The summed E-state index contributed by atoms with van der Waals surface area (Å²) in [6, 6.07) is 34.1. The summed E-state index contributed by atoms with van der Waals surface area (Å²) in [7, 11) is 0. The number of fused-ring (bicyclic) bond motifs is 10. The Morgan fingerprint density at radius 2 is 1.19 bits per heavy atom. The Balaban J connectivity index is 1.62. The fraction of sp³-hybridized carbons (Fsp3) is 0.0968. The Morgan fingerprint density at radius 3 is 2.00 bits per heavy atom. The molecule has 0 bridgehead atoms. The second kappa shape index (κ2) is 5.31. The Bertz CT molecular complexity index is 1900. The first-order chi connectivity index (χ1) is 15.6. The van der Waals surface area contributed by atoms with Gasteiger partial charge in [-0.2, -0.15) is 0 Å². The highest BCUT2D eigenvalue weighted by molar-refractivity contribution is 6.25. The number of rotatable bonds is 0. The zero-order valence-electron chi connectivity index (χ0n) is 18.1. The van der Waals surface area contributed by atoms with Gasteiger partial charge in [0.2, 0.25) is 0 Å². The summed E-state index contributed by atoms with van der Waals surface area (Å²) in [5.74, 6) is 0. The molecule has 0 saturated heterocycles. The van der Waals surface area contributed by atoms with Gasteiger partial charge < -0.3 is 4.40 Å². The molecule has 1 heteroatoms. The molecule has 0 N–H and O–H groups in total. The first kappa shape index (κ1) is 16.8. The Kier molecular flexibility index (Phi) is 2.79. The fourth-order valence-electron chi connectivity index (χ4n) is 6.36. The molecule has 0 radical (unpaired) electrons. The molecule has 1 nitrogen and oxygen atoms in total. The monoisotopic (exact) mass is 407 g/mol. The highest BCUT2D eigenvalue weighted by Gasteiger charge is 2.36. The van der Waals surface area contributed by atoms with E-state index in [-0.39, 0.29) is 5.41 Å². The van der Waals surface area contributed by atoms with Crippen LogP contribution in [-0.2, 0) is 5.41 Å². The molecule has 2 heterocycles. The van der Waals surface area contributed by atoms with E-state index in [9.17, 15) is 0 Å². The third-order valence-corrected chi connectivity index (χ3v) is 7.89. The second-order valence-electron chi connectivity index (χ2n) is 9.84. The van der Waals surface area contributed by atoms with Crippen molar-refractivity contribution in [1.29, 1.82) is 0 Å². The van der Waals surface area contributed by atoms with Crippen molar-refractivity contribution in [3.05, 3.63) is 102 Å². The molecule has 8 rings (SSSR count). The number of nitrogens with zero attached hydrogens (tertiary/aromatic N) is 1. The number of benzene rings is 5. The first-order valence-corrected chi connectivity index (χ1v) is 11.4. The lowest BCUT2D eigenvalue weighted by molar-refractivity contribution is 0.661. The molecule has 2 aromatic heterocycles. The van der Waals surface area contributed by atoms with Crippen LogP contribution in [0, 0.1) is 0 Å². The second-order valence-corrected chi connectivity index (χ2v) is 9.84. The number of para-hydroxylation sites is 1. The summed E-state index contributed by atoms with van der Waals surface area (Å²) in [6.07, 6.45) is 0. The largest absolute Gasteiger partial charge is 0.308 e. The third-order valence-electron chi connectivity index (χ3n) is 7.89. The number of aromatic nitrogens is 1. The van der Waals surface area contributed by atoms with E-state index < -0.39 is 0 Å². The van der Waals surface area contributed by atoms with Crippen molar-refractivity contribution in [2.75, 3.05) is 0 Å². The summed E-state index contributed by atoms with van der Waals surface area (Å²) in [5.41, 5.74) is 9.61. The minimum atomic E-state index is 0.0182. The van der Waals surface area contributed by atoms with Crippen LogP contribution in [0.25, 0.3) is 60.0 Å². The average molecular weight is 408 g/mol. The minimum absolute atomic E-state index is 0.0182. The van der Waals surface area contributed by atoms with Gasteiger partial charge in [0.15, 0.2) is 0 Å². The summed E-state index contributed by atoms with van der Waals surface area (Å²) < 4.78 is 2.51. The van der Waals surface area contributed by atoms with Gasteiger partial charge in [0.25, 0.3) is 0 Å². The lowest BCUT2D eigenvalue weighted by Gasteiger charge is -2.21. The van der Waals surface area contributed by atoms with Gasteiger partial charge >= 0.3 is 0 Å². The lowest BCUT2D eigenvalue weighted by atomic mass is 9.82. The zero-order chi connectivity index (χ0) is 21.2. The van der Waals surface area contributed by atoms with E-state index in [1.807, 2.05) is 0 Å². The van der Waals surface area contributed by atoms with Crippen molar-refractivity contribution in [1.82, 2.24) is 4.40 Å². The highest BCUT2D eigenvalue weighted by atomic mass is 14.9. The van der Waals surface area contributed by atoms with Crippen LogP contribution in [0.2, 0.25) is 0 Å². The SMILES string of the molecule is CC1(C)c2ccccc2-c2cc3c(cc21)c1cccc2c4cc5ccccc5cc4n3c12. The van der Waals surface area contributed by atoms with Gasteiger partial charge in [-0.15, -0.1) is 0 Å². The Labute approximate surface area is 185 Å².